The van der Waals surface area contributed by atoms with Gasteiger partial charge in [-0.3, -0.25) is 4.99 Å². The molecule has 2 N–H and O–H groups in total. The van der Waals surface area contributed by atoms with E-state index in [0.29, 0.717) is 32.2 Å². The Labute approximate surface area is 204 Å². The zero-order valence-electron chi connectivity index (χ0n) is 17.9. The molecule has 0 saturated carbocycles. The molecule has 3 aromatic rings. The Hall–Kier alpha value is -2.40. The highest BCUT2D eigenvalue weighted by Crippen LogP contribution is 2.16. The summed E-state index contributed by atoms with van der Waals surface area (Å²) in [6, 6.07) is 13.5. The second-order valence-electron chi connectivity index (χ2n) is 6.54. The van der Waals surface area contributed by atoms with Gasteiger partial charge in [0.05, 0.1) is 17.2 Å². The van der Waals surface area contributed by atoms with Crippen molar-refractivity contribution in [2.75, 3.05) is 20.3 Å². The summed E-state index contributed by atoms with van der Waals surface area (Å²) in [6.07, 6.45) is 1.80. The van der Waals surface area contributed by atoms with E-state index in [2.05, 4.69) is 25.6 Å². The highest BCUT2D eigenvalue weighted by Gasteiger charge is 2.06. The van der Waals surface area contributed by atoms with E-state index in [9.17, 15) is 0 Å². The molecule has 166 valence electrons. The first-order chi connectivity index (χ1) is 14.6. The number of aryl methyl sites for hydroxylation is 2. The Morgan fingerprint density at radius 2 is 1.74 bits per heavy atom. The van der Waals surface area contributed by atoms with Crippen LogP contribution in [0.25, 0.3) is 0 Å². The minimum atomic E-state index is 0. The van der Waals surface area contributed by atoms with Crippen LogP contribution in [-0.4, -0.2) is 36.2 Å². The van der Waals surface area contributed by atoms with E-state index in [1.54, 1.807) is 24.6 Å². The van der Waals surface area contributed by atoms with E-state index in [1.807, 2.05) is 56.3 Å². The van der Waals surface area contributed by atoms with Gasteiger partial charge in [-0.2, -0.15) is 0 Å². The average molecular weight is 553 g/mol. The van der Waals surface area contributed by atoms with Crippen LogP contribution in [0.2, 0.25) is 0 Å². The predicted octanol–water partition coefficient (Wildman–Crippen LogP) is 4.10. The summed E-state index contributed by atoms with van der Waals surface area (Å²) in [5.74, 6) is 2.14. The molecule has 0 spiro atoms. The summed E-state index contributed by atoms with van der Waals surface area (Å²) >= 11 is 1.70. The lowest BCUT2D eigenvalue weighted by atomic mass is 10.3. The van der Waals surface area contributed by atoms with Crippen molar-refractivity contribution in [3.05, 3.63) is 69.8 Å². The molecule has 0 radical (unpaired) electrons. The minimum Gasteiger partial charge on any atom is -0.490 e. The van der Waals surface area contributed by atoms with Crippen molar-refractivity contribution in [3.8, 4) is 11.6 Å². The summed E-state index contributed by atoms with van der Waals surface area (Å²) in [6.45, 7) is 6.27. The highest BCUT2D eigenvalue weighted by molar-refractivity contribution is 14.0. The Morgan fingerprint density at radius 1 is 1.00 bits per heavy atom. The number of nitrogens with one attached hydrogen (secondary N) is 2. The quantitative estimate of drug-likeness (QED) is 0.180. The summed E-state index contributed by atoms with van der Waals surface area (Å²) in [7, 11) is 1.76. The van der Waals surface area contributed by atoms with Crippen molar-refractivity contribution in [1.82, 2.24) is 20.6 Å². The smallest absolute Gasteiger partial charge is 0.213 e. The lowest BCUT2D eigenvalue weighted by Gasteiger charge is -2.12. The van der Waals surface area contributed by atoms with Crippen molar-refractivity contribution in [1.29, 1.82) is 0 Å². The van der Waals surface area contributed by atoms with Crippen LogP contribution in [0, 0.1) is 13.8 Å². The predicted molar refractivity (Wildman–Crippen MR) is 136 cm³/mol. The molecule has 0 atom stereocenters. The first-order valence-corrected chi connectivity index (χ1v) is 10.6. The number of pyridine rings is 1. The molecule has 0 fully saturated rings. The number of hydrogen-bond acceptors (Lipinski definition) is 6. The second-order valence-corrected chi connectivity index (χ2v) is 7.82. The topological polar surface area (TPSA) is 80.7 Å². The fourth-order valence-corrected chi connectivity index (χ4v) is 3.61. The maximum absolute atomic E-state index is 5.63. The van der Waals surface area contributed by atoms with Gasteiger partial charge in [-0.15, -0.1) is 35.3 Å². The van der Waals surface area contributed by atoms with E-state index in [-0.39, 0.29) is 24.0 Å². The third-order valence-corrected chi connectivity index (χ3v) is 5.32. The standard InChI is InChI=1S/C22H27N5O2S.HI/c1-16-20(30-17(2)27-16)15-26-22(23-3)25-14-18-9-10-21(24-13-18)29-12-11-28-19-7-5-4-6-8-19;/h4-10,13H,11-12,14-15H2,1-3H3,(H2,23,25,26);1H. The zero-order chi connectivity index (χ0) is 21.2. The Kier molecular flexibility index (Phi) is 10.5. The van der Waals surface area contributed by atoms with Crippen LogP contribution < -0.4 is 20.1 Å². The number of para-hydroxylation sites is 1. The Morgan fingerprint density at radius 3 is 2.39 bits per heavy atom. The van der Waals surface area contributed by atoms with Crippen LogP contribution in [0.3, 0.4) is 0 Å². The number of benzene rings is 1. The highest BCUT2D eigenvalue weighted by atomic mass is 127. The molecule has 0 bridgehead atoms. The van der Waals surface area contributed by atoms with Gasteiger partial charge in [-0.25, -0.2) is 9.97 Å². The summed E-state index contributed by atoms with van der Waals surface area (Å²) in [4.78, 5) is 14.3. The molecule has 2 aromatic heterocycles. The average Bonchev–Trinajstić information content (AvgIpc) is 3.10. The molecule has 0 aliphatic rings. The van der Waals surface area contributed by atoms with E-state index >= 15 is 0 Å². The van der Waals surface area contributed by atoms with Crippen molar-refractivity contribution < 1.29 is 9.47 Å². The first kappa shape index (κ1) is 24.9. The fourth-order valence-electron chi connectivity index (χ4n) is 2.73. The van der Waals surface area contributed by atoms with Crippen molar-refractivity contribution in [2.45, 2.75) is 26.9 Å². The molecule has 31 heavy (non-hydrogen) atoms. The van der Waals surface area contributed by atoms with Crippen LogP contribution in [0.4, 0.5) is 0 Å². The van der Waals surface area contributed by atoms with Crippen LogP contribution in [0.15, 0.2) is 53.7 Å². The number of aromatic nitrogens is 2. The van der Waals surface area contributed by atoms with Gasteiger partial charge in [0.25, 0.3) is 0 Å². The van der Waals surface area contributed by atoms with Crippen LogP contribution in [0.1, 0.15) is 21.1 Å². The number of nitrogens with zero attached hydrogens (tertiary/aromatic N) is 3. The van der Waals surface area contributed by atoms with E-state index < -0.39 is 0 Å². The SMILES string of the molecule is CN=C(NCc1ccc(OCCOc2ccccc2)nc1)NCc1sc(C)nc1C.I. The monoisotopic (exact) mass is 553 g/mol. The molecule has 0 saturated heterocycles. The lowest BCUT2D eigenvalue weighted by Crippen LogP contribution is -2.36. The molecule has 9 heteroatoms. The molecule has 0 aliphatic heterocycles. The van der Waals surface area contributed by atoms with Crippen molar-refractivity contribution in [3.63, 3.8) is 0 Å². The van der Waals surface area contributed by atoms with Gasteiger partial charge < -0.3 is 20.1 Å². The maximum Gasteiger partial charge on any atom is 0.213 e. The summed E-state index contributed by atoms with van der Waals surface area (Å²) in [5.41, 5.74) is 2.10. The molecule has 0 aliphatic carbocycles. The first-order valence-electron chi connectivity index (χ1n) is 9.77. The molecular formula is C22H28IN5O2S. The molecule has 7 nitrogen and oxygen atoms in total. The Bertz CT molecular complexity index is 948. The second kappa shape index (κ2) is 13.1. The Balaban J connectivity index is 0.00000341. The third kappa shape index (κ3) is 8.33. The minimum absolute atomic E-state index is 0. The number of hydrogen-bond donors (Lipinski definition) is 2. The van der Waals surface area contributed by atoms with Crippen LogP contribution >= 0.6 is 35.3 Å². The number of guanidine groups is 1. The van der Waals surface area contributed by atoms with E-state index in [4.69, 9.17) is 9.47 Å². The number of halogens is 1. The molecule has 2 heterocycles. The molecule has 1 aromatic carbocycles. The van der Waals surface area contributed by atoms with Crippen LogP contribution in [-0.2, 0) is 13.1 Å². The van der Waals surface area contributed by atoms with Crippen molar-refractivity contribution in [2.24, 2.45) is 4.99 Å². The van der Waals surface area contributed by atoms with Gasteiger partial charge in [-0.1, -0.05) is 24.3 Å². The van der Waals surface area contributed by atoms with E-state index in [0.717, 1.165) is 28.0 Å². The molecular weight excluding hydrogens is 525 g/mol. The zero-order valence-corrected chi connectivity index (χ0v) is 21.1. The number of thiazole rings is 1. The molecule has 0 amide bonds. The fraction of sp³-hybridized carbons (Fsp3) is 0.318. The van der Waals surface area contributed by atoms with Gasteiger partial charge in [0.1, 0.15) is 19.0 Å². The summed E-state index contributed by atoms with van der Waals surface area (Å²) < 4.78 is 11.2. The van der Waals surface area contributed by atoms with Gasteiger partial charge >= 0.3 is 0 Å². The molecule has 0 unspecified atom stereocenters. The summed E-state index contributed by atoms with van der Waals surface area (Å²) in [5, 5.41) is 7.69. The number of aliphatic imine (C=N–C) groups is 1. The number of rotatable bonds is 9. The van der Waals surface area contributed by atoms with Crippen molar-refractivity contribution >= 4 is 41.3 Å². The van der Waals surface area contributed by atoms with Gasteiger partial charge in [0.2, 0.25) is 5.88 Å². The third-order valence-electron chi connectivity index (χ3n) is 4.24. The maximum atomic E-state index is 5.63. The van der Waals surface area contributed by atoms with Gasteiger partial charge in [-0.05, 0) is 31.5 Å². The largest absolute Gasteiger partial charge is 0.490 e. The van der Waals surface area contributed by atoms with Gasteiger partial charge in [0.15, 0.2) is 5.96 Å². The normalized spacial score (nSPS) is 10.9. The van der Waals surface area contributed by atoms with Gasteiger partial charge in [0, 0.05) is 30.7 Å². The lowest BCUT2D eigenvalue weighted by molar-refractivity contribution is 0.212. The van der Waals surface area contributed by atoms with E-state index in [1.165, 1.54) is 4.88 Å². The molecule has 3 rings (SSSR count). The van der Waals surface area contributed by atoms with Crippen LogP contribution in [0.5, 0.6) is 11.6 Å². The number of ether oxygens (including phenoxy) is 2.